The predicted octanol–water partition coefficient (Wildman–Crippen LogP) is 4.12. The number of benzene rings is 2. The molecule has 2 aromatic carbocycles. The zero-order valence-electron chi connectivity index (χ0n) is 11.2. The van der Waals surface area contributed by atoms with Crippen molar-refractivity contribution in [3.63, 3.8) is 0 Å². The molecule has 4 heteroatoms. The summed E-state index contributed by atoms with van der Waals surface area (Å²) in [6.07, 6.45) is 0.834. The molecule has 2 nitrogen and oxygen atoms in total. The van der Waals surface area contributed by atoms with Crippen LogP contribution in [0.4, 0.5) is 0 Å². The first-order chi connectivity index (χ1) is 9.81. The fourth-order valence-corrected chi connectivity index (χ4v) is 3.16. The van der Waals surface area contributed by atoms with E-state index in [2.05, 4.69) is 46.3 Å². The Hall–Kier alpha value is -0.970. The SMILES string of the molecule is NCCc1cccc(Br)c1OCCSc1ccccc1. The van der Waals surface area contributed by atoms with Crippen molar-refractivity contribution >= 4 is 27.7 Å². The number of hydrogen-bond acceptors (Lipinski definition) is 3. The van der Waals surface area contributed by atoms with Crippen LogP contribution in [0.25, 0.3) is 0 Å². The smallest absolute Gasteiger partial charge is 0.136 e. The van der Waals surface area contributed by atoms with Gasteiger partial charge in [-0.2, -0.15) is 0 Å². The second-order valence-electron chi connectivity index (χ2n) is 4.28. The van der Waals surface area contributed by atoms with E-state index >= 15 is 0 Å². The molecule has 0 spiro atoms. The predicted molar refractivity (Wildman–Crippen MR) is 89.6 cm³/mol. The van der Waals surface area contributed by atoms with E-state index in [1.807, 2.05) is 18.2 Å². The van der Waals surface area contributed by atoms with Gasteiger partial charge in [0.1, 0.15) is 5.75 Å². The molecule has 0 saturated carbocycles. The fraction of sp³-hybridized carbons (Fsp3) is 0.250. The quantitative estimate of drug-likeness (QED) is 0.601. The number of thioether (sulfide) groups is 1. The molecule has 0 radical (unpaired) electrons. The Morgan fingerprint density at radius 1 is 1.05 bits per heavy atom. The average Bonchev–Trinajstić information content (AvgIpc) is 2.47. The lowest BCUT2D eigenvalue weighted by Crippen LogP contribution is -2.07. The number of nitrogens with two attached hydrogens (primary N) is 1. The van der Waals surface area contributed by atoms with E-state index in [0.717, 1.165) is 28.0 Å². The van der Waals surface area contributed by atoms with Gasteiger partial charge in [0.2, 0.25) is 0 Å². The maximum atomic E-state index is 5.92. The highest BCUT2D eigenvalue weighted by molar-refractivity contribution is 9.10. The van der Waals surface area contributed by atoms with Crippen molar-refractivity contribution in [2.24, 2.45) is 5.73 Å². The monoisotopic (exact) mass is 351 g/mol. The van der Waals surface area contributed by atoms with Crippen molar-refractivity contribution in [3.8, 4) is 5.75 Å². The van der Waals surface area contributed by atoms with Crippen LogP contribution >= 0.6 is 27.7 Å². The van der Waals surface area contributed by atoms with Crippen molar-refractivity contribution in [2.75, 3.05) is 18.9 Å². The summed E-state index contributed by atoms with van der Waals surface area (Å²) in [5.74, 6) is 1.85. The number of rotatable bonds is 7. The first kappa shape index (κ1) is 15.4. The van der Waals surface area contributed by atoms with Gasteiger partial charge in [-0.3, -0.25) is 0 Å². The van der Waals surface area contributed by atoms with Crippen LogP contribution in [0.2, 0.25) is 0 Å². The lowest BCUT2D eigenvalue weighted by Gasteiger charge is -2.12. The van der Waals surface area contributed by atoms with Gasteiger partial charge in [-0.15, -0.1) is 11.8 Å². The summed E-state index contributed by atoms with van der Waals surface area (Å²) in [7, 11) is 0. The molecule has 106 valence electrons. The van der Waals surface area contributed by atoms with E-state index in [4.69, 9.17) is 10.5 Å². The first-order valence-corrected chi connectivity index (χ1v) is 8.37. The number of hydrogen-bond donors (Lipinski definition) is 1. The summed E-state index contributed by atoms with van der Waals surface area (Å²) in [4.78, 5) is 1.27. The summed E-state index contributed by atoms with van der Waals surface area (Å²) in [5.41, 5.74) is 6.79. The van der Waals surface area contributed by atoms with Crippen LogP contribution < -0.4 is 10.5 Å². The van der Waals surface area contributed by atoms with Crippen molar-refractivity contribution in [3.05, 3.63) is 58.6 Å². The lowest BCUT2D eigenvalue weighted by atomic mass is 10.1. The maximum Gasteiger partial charge on any atom is 0.136 e. The minimum Gasteiger partial charge on any atom is -0.491 e. The molecule has 0 fully saturated rings. The Kier molecular flexibility index (Phi) is 6.43. The summed E-state index contributed by atoms with van der Waals surface area (Å²) in [6, 6.07) is 16.4. The molecule has 0 heterocycles. The summed E-state index contributed by atoms with van der Waals surface area (Å²) >= 11 is 5.34. The van der Waals surface area contributed by atoms with E-state index in [9.17, 15) is 0 Å². The van der Waals surface area contributed by atoms with Crippen LogP contribution in [0.15, 0.2) is 57.9 Å². The number of halogens is 1. The molecule has 0 amide bonds. The second kappa shape index (κ2) is 8.35. The van der Waals surface area contributed by atoms with Crippen LogP contribution in [0.1, 0.15) is 5.56 Å². The lowest BCUT2D eigenvalue weighted by molar-refractivity contribution is 0.338. The van der Waals surface area contributed by atoms with E-state index in [0.29, 0.717) is 13.2 Å². The van der Waals surface area contributed by atoms with Crippen molar-refractivity contribution in [1.29, 1.82) is 0 Å². The molecular weight excluding hydrogens is 334 g/mol. The molecule has 20 heavy (non-hydrogen) atoms. The molecule has 0 aliphatic rings. The maximum absolute atomic E-state index is 5.92. The van der Waals surface area contributed by atoms with E-state index < -0.39 is 0 Å². The first-order valence-electron chi connectivity index (χ1n) is 6.59. The number of ether oxygens (including phenoxy) is 1. The molecular formula is C16H18BrNOS. The largest absolute Gasteiger partial charge is 0.491 e. The van der Waals surface area contributed by atoms with Crippen LogP contribution in [0.5, 0.6) is 5.75 Å². The molecule has 0 aliphatic carbocycles. The van der Waals surface area contributed by atoms with Gasteiger partial charge in [0, 0.05) is 10.6 Å². The summed E-state index contributed by atoms with van der Waals surface area (Å²) in [5, 5.41) is 0. The zero-order chi connectivity index (χ0) is 14.2. The van der Waals surface area contributed by atoms with Gasteiger partial charge in [0.15, 0.2) is 0 Å². The van der Waals surface area contributed by atoms with Crippen LogP contribution in [-0.2, 0) is 6.42 Å². The van der Waals surface area contributed by atoms with Crippen molar-refractivity contribution < 1.29 is 4.74 Å². The Morgan fingerprint density at radius 2 is 1.85 bits per heavy atom. The van der Waals surface area contributed by atoms with Gasteiger partial charge in [0.25, 0.3) is 0 Å². The average molecular weight is 352 g/mol. The molecule has 2 rings (SSSR count). The highest BCUT2D eigenvalue weighted by atomic mass is 79.9. The van der Waals surface area contributed by atoms with E-state index in [1.165, 1.54) is 4.90 Å². The molecule has 0 unspecified atom stereocenters. The Bertz CT molecular complexity index is 533. The summed E-state index contributed by atoms with van der Waals surface area (Å²) in [6.45, 7) is 1.31. The highest BCUT2D eigenvalue weighted by Gasteiger charge is 2.07. The van der Waals surface area contributed by atoms with Crippen LogP contribution in [0, 0.1) is 0 Å². The standard InChI is InChI=1S/C16H18BrNOS/c17-15-8-4-5-13(9-10-18)16(15)19-11-12-20-14-6-2-1-3-7-14/h1-8H,9-12,18H2. The molecule has 0 aromatic heterocycles. The molecule has 0 bridgehead atoms. The molecule has 2 N–H and O–H groups in total. The fourth-order valence-electron chi connectivity index (χ4n) is 1.89. The normalized spacial score (nSPS) is 10.5. The topological polar surface area (TPSA) is 35.2 Å². The van der Waals surface area contributed by atoms with E-state index in [1.54, 1.807) is 11.8 Å². The Balaban J connectivity index is 1.87. The Morgan fingerprint density at radius 3 is 2.60 bits per heavy atom. The molecule has 2 aromatic rings. The zero-order valence-corrected chi connectivity index (χ0v) is 13.6. The second-order valence-corrected chi connectivity index (χ2v) is 6.30. The minimum absolute atomic E-state index is 0.631. The Labute approximate surface area is 132 Å². The molecule has 0 aliphatic heterocycles. The van der Waals surface area contributed by atoms with Crippen molar-refractivity contribution in [2.45, 2.75) is 11.3 Å². The highest BCUT2D eigenvalue weighted by Crippen LogP contribution is 2.29. The van der Waals surface area contributed by atoms with Gasteiger partial charge in [-0.1, -0.05) is 30.3 Å². The molecule has 0 saturated heterocycles. The van der Waals surface area contributed by atoms with Gasteiger partial charge >= 0.3 is 0 Å². The third-order valence-corrected chi connectivity index (χ3v) is 4.40. The minimum atomic E-state index is 0.631. The molecule has 0 atom stereocenters. The van der Waals surface area contributed by atoms with Crippen LogP contribution in [0.3, 0.4) is 0 Å². The van der Waals surface area contributed by atoms with E-state index in [-0.39, 0.29) is 0 Å². The van der Waals surface area contributed by atoms with Gasteiger partial charge < -0.3 is 10.5 Å². The van der Waals surface area contributed by atoms with Gasteiger partial charge in [0.05, 0.1) is 11.1 Å². The summed E-state index contributed by atoms with van der Waals surface area (Å²) < 4.78 is 6.91. The van der Waals surface area contributed by atoms with Gasteiger partial charge in [-0.05, 0) is 52.7 Å². The van der Waals surface area contributed by atoms with Gasteiger partial charge in [-0.25, -0.2) is 0 Å². The third-order valence-electron chi connectivity index (χ3n) is 2.80. The van der Waals surface area contributed by atoms with Crippen LogP contribution in [-0.4, -0.2) is 18.9 Å². The van der Waals surface area contributed by atoms with Crippen molar-refractivity contribution in [1.82, 2.24) is 0 Å². The third kappa shape index (κ3) is 4.54. The number of para-hydroxylation sites is 1.